The van der Waals surface area contributed by atoms with E-state index in [0.29, 0.717) is 11.1 Å². The average Bonchev–Trinajstić information content (AvgIpc) is 3.10. The molecule has 27 heavy (non-hydrogen) atoms. The zero-order valence-electron chi connectivity index (χ0n) is 14.0. The predicted octanol–water partition coefficient (Wildman–Crippen LogP) is 2.19. The number of sulfonamides is 1. The smallest absolute Gasteiger partial charge is 0.338 e. The lowest BCUT2D eigenvalue weighted by Crippen LogP contribution is -2.12. The number of benzene rings is 2. The fourth-order valence-corrected chi connectivity index (χ4v) is 2.67. The van der Waals surface area contributed by atoms with Crippen molar-refractivity contribution in [2.45, 2.75) is 18.4 Å². The molecule has 1 heterocycles. The zero-order valence-corrected chi connectivity index (χ0v) is 14.9. The second kappa shape index (κ2) is 7.25. The van der Waals surface area contributed by atoms with E-state index < -0.39 is 21.8 Å². The average molecular weight is 391 g/mol. The summed E-state index contributed by atoms with van der Waals surface area (Å²) in [5.41, 5.74) is 1.05. The standard InChI is InChI=1S/C17H14FN3O5S/c1-10-2-3-12(8-14(10)18)16-20-15(26-21-16)9-25-17(22)11-4-6-13(7-5-11)27(19,23)24/h2-8H,9H2,1H3,(H2,19,23,24). The maximum Gasteiger partial charge on any atom is 0.338 e. The minimum atomic E-state index is -3.84. The van der Waals surface area contributed by atoms with E-state index in [0.717, 1.165) is 0 Å². The molecule has 0 unspecified atom stereocenters. The van der Waals surface area contributed by atoms with E-state index in [1.54, 1.807) is 19.1 Å². The van der Waals surface area contributed by atoms with Gasteiger partial charge in [-0.25, -0.2) is 22.7 Å². The number of hydrogen-bond acceptors (Lipinski definition) is 7. The molecule has 140 valence electrons. The molecular formula is C17H14FN3O5S. The van der Waals surface area contributed by atoms with E-state index in [2.05, 4.69) is 10.1 Å². The highest BCUT2D eigenvalue weighted by atomic mass is 32.2. The van der Waals surface area contributed by atoms with Crippen LogP contribution in [0.2, 0.25) is 0 Å². The Morgan fingerprint density at radius 3 is 2.56 bits per heavy atom. The van der Waals surface area contributed by atoms with Crippen LogP contribution in [0.15, 0.2) is 51.9 Å². The van der Waals surface area contributed by atoms with Crippen molar-refractivity contribution in [3.05, 3.63) is 65.3 Å². The molecule has 8 nitrogen and oxygen atoms in total. The van der Waals surface area contributed by atoms with Gasteiger partial charge < -0.3 is 9.26 Å². The number of nitrogens with two attached hydrogens (primary N) is 1. The highest BCUT2D eigenvalue weighted by Crippen LogP contribution is 2.19. The molecule has 0 aliphatic rings. The minimum absolute atomic E-state index is 0.0282. The first-order valence-corrected chi connectivity index (χ1v) is 9.18. The second-order valence-corrected chi connectivity index (χ2v) is 7.18. The molecular weight excluding hydrogens is 377 g/mol. The van der Waals surface area contributed by atoms with Crippen LogP contribution in [0.5, 0.6) is 0 Å². The van der Waals surface area contributed by atoms with Gasteiger partial charge in [0.1, 0.15) is 5.82 Å². The summed E-state index contributed by atoms with van der Waals surface area (Å²) in [5.74, 6) is -0.914. The molecule has 10 heteroatoms. The summed E-state index contributed by atoms with van der Waals surface area (Å²) in [4.78, 5) is 15.9. The monoisotopic (exact) mass is 391 g/mol. The molecule has 0 saturated heterocycles. The molecule has 0 bridgehead atoms. The molecule has 1 aromatic heterocycles. The molecule has 0 fully saturated rings. The Hall–Kier alpha value is -3.11. The number of halogens is 1. The first kappa shape index (κ1) is 18.7. The van der Waals surface area contributed by atoms with Crippen molar-refractivity contribution in [1.29, 1.82) is 0 Å². The predicted molar refractivity (Wildman–Crippen MR) is 91.4 cm³/mol. The van der Waals surface area contributed by atoms with Gasteiger partial charge in [0.05, 0.1) is 10.5 Å². The number of carbonyl (C=O) groups is 1. The number of esters is 1. The van der Waals surface area contributed by atoms with Gasteiger partial charge in [-0.15, -0.1) is 0 Å². The van der Waals surface area contributed by atoms with Crippen LogP contribution in [0, 0.1) is 12.7 Å². The van der Waals surface area contributed by atoms with Crippen molar-refractivity contribution in [1.82, 2.24) is 10.1 Å². The van der Waals surface area contributed by atoms with Crippen molar-refractivity contribution in [3.63, 3.8) is 0 Å². The zero-order chi connectivity index (χ0) is 19.6. The van der Waals surface area contributed by atoms with Crippen LogP contribution in [0.4, 0.5) is 4.39 Å². The Morgan fingerprint density at radius 1 is 1.22 bits per heavy atom. The third kappa shape index (κ3) is 4.36. The van der Waals surface area contributed by atoms with E-state index in [1.807, 2.05) is 0 Å². The van der Waals surface area contributed by atoms with Crippen LogP contribution >= 0.6 is 0 Å². The molecule has 3 aromatic rings. The summed E-state index contributed by atoms with van der Waals surface area (Å²) >= 11 is 0. The number of carbonyl (C=O) groups excluding carboxylic acids is 1. The Labute approximate surface area is 153 Å². The maximum absolute atomic E-state index is 13.6. The van der Waals surface area contributed by atoms with Gasteiger partial charge in [0.15, 0.2) is 6.61 Å². The largest absolute Gasteiger partial charge is 0.452 e. The fourth-order valence-electron chi connectivity index (χ4n) is 2.15. The van der Waals surface area contributed by atoms with Gasteiger partial charge in [-0.05, 0) is 42.8 Å². The van der Waals surface area contributed by atoms with E-state index >= 15 is 0 Å². The topological polar surface area (TPSA) is 125 Å². The lowest BCUT2D eigenvalue weighted by Gasteiger charge is -2.03. The molecule has 0 radical (unpaired) electrons. The molecule has 0 amide bonds. The van der Waals surface area contributed by atoms with E-state index in [1.165, 1.54) is 30.3 Å². The molecule has 0 saturated carbocycles. The van der Waals surface area contributed by atoms with E-state index in [9.17, 15) is 17.6 Å². The SMILES string of the molecule is Cc1ccc(-c2noc(COC(=O)c3ccc(S(N)(=O)=O)cc3)n2)cc1F. The second-order valence-electron chi connectivity index (χ2n) is 5.62. The fraction of sp³-hybridized carbons (Fsp3) is 0.118. The number of rotatable bonds is 5. The number of aromatic nitrogens is 2. The Bertz CT molecular complexity index is 1090. The summed E-state index contributed by atoms with van der Waals surface area (Å²) in [5, 5.41) is 8.71. The van der Waals surface area contributed by atoms with Crippen LogP contribution in [0.1, 0.15) is 21.8 Å². The Morgan fingerprint density at radius 2 is 1.93 bits per heavy atom. The van der Waals surface area contributed by atoms with Crippen LogP contribution in [0.25, 0.3) is 11.4 Å². The molecule has 0 spiro atoms. The number of nitrogens with zero attached hydrogens (tertiary/aromatic N) is 2. The van der Waals surface area contributed by atoms with E-state index in [4.69, 9.17) is 14.4 Å². The van der Waals surface area contributed by atoms with Gasteiger partial charge in [-0.3, -0.25) is 0 Å². The molecule has 0 atom stereocenters. The van der Waals surface area contributed by atoms with Gasteiger partial charge in [0.2, 0.25) is 15.8 Å². The molecule has 2 N–H and O–H groups in total. The molecule has 0 aliphatic carbocycles. The normalized spacial score (nSPS) is 11.4. The van der Waals surface area contributed by atoms with Gasteiger partial charge in [0.25, 0.3) is 5.89 Å². The molecule has 0 aliphatic heterocycles. The Kier molecular flexibility index (Phi) is 5.02. The van der Waals surface area contributed by atoms with Crippen LogP contribution < -0.4 is 5.14 Å². The highest BCUT2D eigenvalue weighted by Gasteiger charge is 2.14. The van der Waals surface area contributed by atoms with Crippen molar-refractivity contribution in [2.24, 2.45) is 5.14 Å². The molecule has 2 aromatic carbocycles. The van der Waals surface area contributed by atoms with Crippen LogP contribution in [0.3, 0.4) is 0 Å². The van der Waals surface area contributed by atoms with E-state index in [-0.39, 0.29) is 28.8 Å². The number of hydrogen-bond donors (Lipinski definition) is 1. The summed E-state index contributed by atoms with van der Waals surface area (Å²) in [6.45, 7) is 1.34. The van der Waals surface area contributed by atoms with Gasteiger partial charge >= 0.3 is 5.97 Å². The van der Waals surface area contributed by atoms with Crippen molar-refractivity contribution in [2.75, 3.05) is 0 Å². The third-order valence-electron chi connectivity index (χ3n) is 3.64. The maximum atomic E-state index is 13.6. The Balaban J connectivity index is 1.66. The van der Waals surface area contributed by atoms with Crippen molar-refractivity contribution in [3.8, 4) is 11.4 Å². The minimum Gasteiger partial charge on any atom is -0.452 e. The summed E-state index contributed by atoms with van der Waals surface area (Å²) < 4.78 is 46.0. The third-order valence-corrected chi connectivity index (χ3v) is 4.57. The quantitative estimate of drug-likeness (QED) is 0.661. The van der Waals surface area contributed by atoms with Gasteiger partial charge in [-0.1, -0.05) is 17.3 Å². The first-order valence-electron chi connectivity index (χ1n) is 7.63. The van der Waals surface area contributed by atoms with Crippen LogP contribution in [-0.2, 0) is 21.4 Å². The summed E-state index contributed by atoms with van der Waals surface area (Å²) in [7, 11) is -3.84. The van der Waals surface area contributed by atoms with Gasteiger partial charge in [-0.2, -0.15) is 4.98 Å². The molecule has 3 rings (SSSR count). The number of aryl methyl sites for hydroxylation is 1. The lowest BCUT2D eigenvalue weighted by atomic mass is 10.1. The van der Waals surface area contributed by atoms with Crippen LogP contribution in [-0.4, -0.2) is 24.5 Å². The first-order chi connectivity index (χ1) is 12.7. The number of ether oxygens (including phenoxy) is 1. The lowest BCUT2D eigenvalue weighted by molar-refractivity contribution is 0.0429. The van der Waals surface area contributed by atoms with Crippen molar-refractivity contribution < 1.29 is 26.9 Å². The summed E-state index contributed by atoms with van der Waals surface area (Å²) in [6.07, 6.45) is 0. The number of primary sulfonamides is 1. The summed E-state index contributed by atoms with van der Waals surface area (Å²) in [6, 6.07) is 9.46. The van der Waals surface area contributed by atoms with Gasteiger partial charge in [0, 0.05) is 5.56 Å². The van der Waals surface area contributed by atoms with Crippen molar-refractivity contribution >= 4 is 16.0 Å². The highest BCUT2D eigenvalue weighted by molar-refractivity contribution is 7.89.